The van der Waals surface area contributed by atoms with Gasteiger partial charge in [-0.15, -0.1) is 0 Å². The quantitative estimate of drug-likeness (QED) is 0.667. The molecule has 0 aliphatic rings. The van der Waals surface area contributed by atoms with Crippen LogP contribution in [0.25, 0.3) is 22.4 Å². The van der Waals surface area contributed by atoms with Crippen molar-refractivity contribution in [3.05, 3.63) is 78.1 Å². The highest BCUT2D eigenvalue weighted by Crippen LogP contribution is 2.20. The second-order valence-electron chi connectivity index (χ2n) is 4.51. The van der Waals surface area contributed by atoms with Crippen LogP contribution < -0.4 is 0 Å². The fourth-order valence-electron chi connectivity index (χ4n) is 2.16. The normalized spacial score (nSPS) is 11.5. The molecule has 95 valence electrons. The molecule has 20 heavy (non-hydrogen) atoms. The number of allylic oxidation sites excluding steroid dienone is 1. The van der Waals surface area contributed by atoms with Crippen molar-refractivity contribution in [1.29, 1.82) is 0 Å². The van der Waals surface area contributed by atoms with Crippen LogP contribution in [0.5, 0.6) is 0 Å². The molecule has 0 N–H and O–H groups in total. The van der Waals surface area contributed by atoms with E-state index in [0.717, 1.165) is 16.5 Å². The number of hydrogen-bond acceptors (Lipinski definition) is 2. The van der Waals surface area contributed by atoms with Gasteiger partial charge < -0.3 is 0 Å². The van der Waals surface area contributed by atoms with E-state index in [-0.39, 0.29) is 0 Å². The van der Waals surface area contributed by atoms with Crippen molar-refractivity contribution in [1.82, 2.24) is 4.98 Å². The summed E-state index contributed by atoms with van der Waals surface area (Å²) >= 11 is 0. The van der Waals surface area contributed by atoms with Gasteiger partial charge in [-0.1, -0.05) is 42.5 Å². The summed E-state index contributed by atoms with van der Waals surface area (Å²) in [5, 5.41) is 2.33. The van der Waals surface area contributed by atoms with Gasteiger partial charge in [0.05, 0.1) is 0 Å². The van der Waals surface area contributed by atoms with Crippen LogP contribution in [0.15, 0.2) is 67.0 Å². The summed E-state index contributed by atoms with van der Waals surface area (Å²) in [4.78, 5) is 15.2. The Bertz CT molecular complexity index is 776. The number of carbonyl (C=O) groups excluding carboxylic acids is 1. The average Bonchev–Trinajstić information content (AvgIpc) is 2.53. The van der Waals surface area contributed by atoms with Gasteiger partial charge in [-0.2, -0.15) is 0 Å². The summed E-state index contributed by atoms with van der Waals surface area (Å²) < 4.78 is 0. The lowest BCUT2D eigenvalue weighted by Gasteiger charge is -2.02. The number of benzene rings is 2. The molecule has 0 saturated carbocycles. The molecule has 0 unspecified atom stereocenters. The first-order chi connectivity index (χ1) is 9.86. The summed E-state index contributed by atoms with van der Waals surface area (Å²) in [5.41, 5.74) is 2.26. The summed E-state index contributed by atoms with van der Waals surface area (Å²) in [5.74, 6) is 0. The second-order valence-corrected chi connectivity index (χ2v) is 4.51. The van der Waals surface area contributed by atoms with E-state index in [2.05, 4.69) is 23.2 Å². The SMILES string of the molecule is O=[C]C(=Cc1ccc2ccccc2c1)c1cccnc1. The van der Waals surface area contributed by atoms with E-state index in [4.69, 9.17) is 0 Å². The topological polar surface area (TPSA) is 30.0 Å². The molecule has 1 radical (unpaired) electrons. The number of pyridine rings is 1. The molecule has 0 amide bonds. The first kappa shape index (κ1) is 12.3. The van der Waals surface area contributed by atoms with Crippen molar-refractivity contribution in [3.8, 4) is 0 Å². The Hall–Kier alpha value is -2.74. The number of fused-ring (bicyclic) bond motifs is 1. The third-order valence-electron chi connectivity index (χ3n) is 3.17. The second kappa shape index (κ2) is 5.49. The highest BCUT2D eigenvalue weighted by atomic mass is 16.1. The Morgan fingerprint density at radius 3 is 2.60 bits per heavy atom. The molecule has 0 aliphatic carbocycles. The van der Waals surface area contributed by atoms with Crippen molar-refractivity contribution in [2.75, 3.05) is 0 Å². The minimum atomic E-state index is 0.508. The van der Waals surface area contributed by atoms with E-state index in [1.54, 1.807) is 18.5 Å². The lowest BCUT2D eigenvalue weighted by atomic mass is 10.0. The van der Waals surface area contributed by atoms with Gasteiger partial charge in [0.15, 0.2) is 0 Å². The molecule has 3 rings (SSSR count). The maximum atomic E-state index is 11.2. The minimum absolute atomic E-state index is 0.508. The molecule has 1 aromatic heterocycles. The third-order valence-corrected chi connectivity index (χ3v) is 3.17. The van der Waals surface area contributed by atoms with Gasteiger partial charge in [0.2, 0.25) is 6.29 Å². The first-order valence-electron chi connectivity index (χ1n) is 6.36. The molecular formula is C18H12NO. The number of rotatable bonds is 3. The predicted molar refractivity (Wildman–Crippen MR) is 81.7 cm³/mol. The fourth-order valence-corrected chi connectivity index (χ4v) is 2.16. The molecule has 0 fully saturated rings. The van der Waals surface area contributed by atoms with Crippen molar-refractivity contribution < 1.29 is 4.79 Å². The first-order valence-corrected chi connectivity index (χ1v) is 6.36. The highest BCUT2D eigenvalue weighted by molar-refractivity contribution is 6.13. The fraction of sp³-hybridized carbons (Fsp3) is 0. The van der Waals surface area contributed by atoms with Crippen LogP contribution in [0.1, 0.15) is 11.1 Å². The van der Waals surface area contributed by atoms with Crippen LogP contribution in [0, 0.1) is 0 Å². The molecular weight excluding hydrogens is 246 g/mol. The molecule has 1 heterocycles. The zero-order chi connectivity index (χ0) is 13.8. The lowest BCUT2D eigenvalue weighted by molar-refractivity contribution is 0.565. The minimum Gasteiger partial charge on any atom is -0.285 e. The molecule has 2 aromatic carbocycles. The third kappa shape index (κ3) is 2.50. The van der Waals surface area contributed by atoms with Gasteiger partial charge in [-0.05, 0) is 34.5 Å². The predicted octanol–water partition coefficient (Wildman–Crippen LogP) is 3.89. The van der Waals surface area contributed by atoms with E-state index in [1.165, 1.54) is 5.39 Å². The summed E-state index contributed by atoms with van der Waals surface area (Å²) in [6.45, 7) is 0. The van der Waals surface area contributed by atoms with E-state index in [9.17, 15) is 4.79 Å². The molecule has 3 aromatic rings. The average molecular weight is 258 g/mol. The number of aromatic nitrogens is 1. The number of hydrogen-bond donors (Lipinski definition) is 0. The van der Waals surface area contributed by atoms with Crippen molar-refractivity contribution in [3.63, 3.8) is 0 Å². The largest absolute Gasteiger partial charge is 0.285 e. The van der Waals surface area contributed by atoms with Gasteiger partial charge in [0.1, 0.15) is 0 Å². The van der Waals surface area contributed by atoms with Crippen molar-refractivity contribution >= 4 is 28.7 Å². The molecule has 0 aliphatic heterocycles. The lowest BCUT2D eigenvalue weighted by Crippen LogP contribution is -1.87. The molecule has 2 nitrogen and oxygen atoms in total. The van der Waals surface area contributed by atoms with Crippen LogP contribution in [0.4, 0.5) is 0 Å². The van der Waals surface area contributed by atoms with Crippen molar-refractivity contribution in [2.45, 2.75) is 0 Å². The van der Waals surface area contributed by atoms with Crippen LogP contribution >= 0.6 is 0 Å². The van der Waals surface area contributed by atoms with Gasteiger partial charge in [-0.3, -0.25) is 9.78 Å². The van der Waals surface area contributed by atoms with E-state index in [1.807, 2.05) is 42.7 Å². The van der Waals surface area contributed by atoms with E-state index < -0.39 is 0 Å². The zero-order valence-corrected chi connectivity index (χ0v) is 10.8. The number of nitrogens with zero attached hydrogens (tertiary/aromatic N) is 1. The molecule has 0 saturated heterocycles. The molecule has 0 atom stereocenters. The monoisotopic (exact) mass is 258 g/mol. The summed E-state index contributed by atoms with van der Waals surface area (Å²) in [7, 11) is 0. The van der Waals surface area contributed by atoms with Crippen LogP contribution in [0.3, 0.4) is 0 Å². The van der Waals surface area contributed by atoms with Gasteiger partial charge in [0, 0.05) is 23.5 Å². The maximum Gasteiger partial charge on any atom is 0.234 e. The molecule has 2 heteroatoms. The Kier molecular flexibility index (Phi) is 3.38. The summed E-state index contributed by atoms with van der Waals surface area (Å²) in [6.07, 6.45) is 7.16. The Morgan fingerprint density at radius 1 is 1.00 bits per heavy atom. The van der Waals surface area contributed by atoms with Crippen LogP contribution in [0.2, 0.25) is 0 Å². The van der Waals surface area contributed by atoms with Crippen LogP contribution in [-0.2, 0) is 4.79 Å². The zero-order valence-electron chi connectivity index (χ0n) is 10.8. The molecule has 0 bridgehead atoms. The summed E-state index contributed by atoms with van der Waals surface area (Å²) in [6, 6.07) is 17.9. The standard InChI is InChI=1S/C18H12NO/c20-13-18(17-6-3-9-19-12-17)11-14-7-8-15-4-1-2-5-16(15)10-14/h1-12H. The van der Waals surface area contributed by atoms with Crippen LogP contribution in [-0.4, -0.2) is 11.3 Å². The Labute approximate surface area is 117 Å². The van der Waals surface area contributed by atoms with Gasteiger partial charge in [-0.25, -0.2) is 0 Å². The molecule has 0 spiro atoms. The van der Waals surface area contributed by atoms with Gasteiger partial charge >= 0.3 is 0 Å². The van der Waals surface area contributed by atoms with Gasteiger partial charge in [0.25, 0.3) is 0 Å². The van der Waals surface area contributed by atoms with E-state index >= 15 is 0 Å². The van der Waals surface area contributed by atoms with Crippen molar-refractivity contribution in [2.24, 2.45) is 0 Å². The maximum absolute atomic E-state index is 11.2. The highest BCUT2D eigenvalue weighted by Gasteiger charge is 2.02. The smallest absolute Gasteiger partial charge is 0.234 e. The Morgan fingerprint density at radius 2 is 1.85 bits per heavy atom. The van der Waals surface area contributed by atoms with E-state index in [0.29, 0.717) is 5.57 Å². The Balaban J connectivity index is 2.05.